The number of piperidine rings is 1. The number of unbranched alkanes of at least 4 members (excludes halogenated alkanes) is 2. The van der Waals surface area contributed by atoms with E-state index in [1.807, 2.05) is 4.90 Å². The first-order valence-corrected chi connectivity index (χ1v) is 15.4. The first-order valence-electron chi connectivity index (χ1n) is 14.3. The molecule has 0 spiro atoms. The number of aliphatic hydroxyl groups is 1. The third kappa shape index (κ3) is 8.19. The quantitative estimate of drug-likeness (QED) is 0.0892. The number of hydrogen-bond donors (Lipinski definition) is 6. The largest absolute Gasteiger partial charge is 0.593 e. The van der Waals surface area contributed by atoms with Crippen molar-refractivity contribution in [2.24, 2.45) is 5.73 Å². The molecule has 0 radical (unpaired) electrons. The summed E-state index contributed by atoms with van der Waals surface area (Å²) in [6, 6.07) is 10.7. The van der Waals surface area contributed by atoms with Gasteiger partial charge in [0.1, 0.15) is 5.75 Å². The van der Waals surface area contributed by atoms with Crippen LogP contribution in [0.15, 0.2) is 41.3 Å². The lowest BCUT2D eigenvalue weighted by molar-refractivity contribution is -0.132. The molecule has 2 aromatic carbocycles. The van der Waals surface area contributed by atoms with Crippen LogP contribution in [0.5, 0.6) is 11.5 Å². The second-order valence-electron chi connectivity index (χ2n) is 10.7. The van der Waals surface area contributed by atoms with Crippen molar-refractivity contribution in [3.63, 3.8) is 0 Å². The second kappa shape index (κ2) is 14.6. The van der Waals surface area contributed by atoms with E-state index in [-0.39, 0.29) is 40.9 Å². The number of rotatable bonds is 13. The Hall–Kier alpha value is -3.19. The number of aromatic hydroxyl groups is 2. The molecule has 224 valence electrons. The van der Waals surface area contributed by atoms with Gasteiger partial charge < -0.3 is 40.7 Å². The summed E-state index contributed by atoms with van der Waals surface area (Å²) in [6.07, 6.45) is 5.36. The summed E-state index contributed by atoms with van der Waals surface area (Å²) in [6.45, 7) is 3.95. The van der Waals surface area contributed by atoms with Gasteiger partial charge in [0, 0.05) is 63.1 Å². The highest BCUT2D eigenvalue weighted by Crippen LogP contribution is 2.36. The predicted octanol–water partition coefficient (Wildman–Crippen LogP) is 2.36. The van der Waals surface area contributed by atoms with Crippen molar-refractivity contribution in [2.45, 2.75) is 69.0 Å². The number of phenolic OH excluding ortho intramolecular Hbond substituents is 2. The molecule has 41 heavy (non-hydrogen) atoms. The first-order chi connectivity index (χ1) is 19.8. The van der Waals surface area contributed by atoms with Crippen LogP contribution >= 0.6 is 0 Å². The standard InChI is InChI=1S/C29H42N6O5S/c30-29(31)32-12-2-1-5-28(39)33-14-10-23(11-15-33)35(13-3-4-16-36)24-7-6-21-19-34(20-22(21)17-24)41(40)27-9-8-25(37)18-26(27)38/h6-9,17-18,23,36-38H,1-5,10-16,19-20H2,(H4,30,31,32). The van der Waals surface area contributed by atoms with Crippen molar-refractivity contribution in [1.82, 2.24) is 14.5 Å². The second-order valence-corrected chi connectivity index (χ2v) is 12.1. The number of nitrogens with one attached hydrogen (secondary N) is 2. The van der Waals surface area contributed by atoms with Crippen molar-refractivity contribution in [2.75, 3.05) is 37.7 Å². The molecular formula is C29H42N6O5S. The number of likely N-dealkylation sites (tertiary alicyclic amines) is 1. The van der Waals surface area contributed by atoms with Crippen LogP contribution in [0.3, 0.4) is 0 Å². The number of carbonyl (C=O) groups excluding carboxylic acids is 1. The topological polar surface area (TPSA) is 172 Å². The van der Waals surface area contributed by atoms with Gasteiger partial charge in [0.25, 0.3) is 0 Å². The zero-order valence-corrected chi connectivity index (χ0v) is 24.2. The number of nitrogens with two attached hydrogens (primary N) is 1. The van der Waals surface area contributed by atoms with E-state index in [1.54, 1.807) is 4.31 Å². The summed E-state index contributed by atoms with van der Waals surface area (Å²) < 4.78 is 15.0. The van der Waals surface area contributed by atoms with Crippen LogP contribution in [0.2, 0.25) is 0 Å². The molecule has 2 aliphatic rings. The van der Waals surface area contributed by atoms with E-state index in [2.05, 4.69) is 28.4 Å². The summed E-state index contributed by atoms with van der Waals surface area (Å²) >= 11 is -1.57. The number of guanidine groups is 1. The van der Waals surface area contributed by atoms with Crippen LogP contribution in [0.4, 0.5) is 5.69 Å². The molecule has 1 unspecified atom stereocenters. The number of aliphatic hydroxyl groups excluding tert-OH is 1. The summed E-state index contributed by atoms with van der Waals surface area (Å²) in [5.41, 5.74) is 8.57. The summed E-state index contributed by atoms with van der Waals surface area (Å²) in [7, 11) is 0. The molecule has 7 N–H and O–H groups in total. The fraction of sp³-hybridized carbons (Fsp3) is 0.517. The lowest BCUT2D eigenvalue weighted by atomic mass is 10.00. The first kappa shape index (κ1) is 30.8. The zero-order valence-electron chi connectivity index (χ0n) is 23.4. The molecular weight excluding hydrogens is 544 g/mol. The van der Waals surface area contributed by atoms with E-state index in [4.69, 9.17) is 11.1 Å². The smallest absolute Gasteiger partial charge is 0.222 e. The summed E-state index contributed by atoms with van der Waals surface area (Å²) in [4.78, 5) is 17.4. The van der Waals surface area contributed by atoms with Crippen LogP contribution in [0, 0.1) is 5.41 Å². The predicted molar refractivity (Wildman–Crippen MR) is 159 cm³/mol. The molecule has 1 amide bonds. The molecule has 1 fully saturated rings. The van der Waals surface area contributed by atoms with E-state index in [0.29, 0.717) is 39.1 Å². The molecule has 2 aromatic rings. The number of carbonyl (C=O) groups is 1. The van der Waals surface area contributed by atoms with Gasteiger partial charge in [-0.25, -0.2) is 0 Å². The van der Waals surface area contributed by atoms with Gasteiger partial charge in [-0.05, 0) is 67.9 Å². The van der Waals surface area contributed by atoms with Crippen molar-refractivity contribution < 1.29 is 24.7 Å². The Kier molecular flexibility index (Phi) is 11.0. The molecule has 1 saturated heterocycles. The molecule has 2 heterocycles. The fourth-order valence-corrected chi connectivity index (χ4v) is 6.78. The highest BCUT2D eigenvalue weighted by atomic mass is 32.2. The number of anilines is 1. The van der Waals surface area contributed by atoms with Crippen molar-refractivity contribution >= 4 is 28.9 Å². The van der Waals surface area contributed by atoms with Crippen LogP contribution in [0.1, 0.15) is 56.1 Å². The number of amides is 1. The van der Waals surface area contributed by atoms with E-state index >= 15 is 0 Å². The third-order valence-corrected chi connectivity index (χ3v) is 9.23. The highest BCUT2D eigenvalue weighted by molar-refractivity contribution is 7.89. The summed E-state index contributed by atoms with van der Waals surface area (Å²) in [5, 5.41) is 39.1. The van der Waals surface area contributed by atoms with Gasteiger partial charge >= 0.3 is 0 Å². The average molecular weight is 587 g/mol. The van der Waals surface area contributed by atoms with Gasteiger partial charge in [-0.15, -0.1) is 4.31 Å². The van der Waals surface area contributed by atoms with Gasteiger partial charge in [-0.1, -0.05) is 6.07 Å². The van der Waals surface area contributed by atoms with E-state index in [1.165, 1.54) is 18.2 Å². The average Bonchev–Trinajstić information content (AvgIpc) is 3.38. The molecule has 0 saturated carbocycles. The number of nitrogens with zero attached hydrogens (tertiary/aromatic N) is 3. The zero-order chi connectivity index (χ0) is 29.4. The monoisotopic (exact) mass is 586 g/mol. The molecule has 0 aliphatic carbocycles. The van der Waals surface area contributed by atoms with Gasteiger partial charge in [-0.3, -0.25) is 10.2 Å². The molecule has 1 atom stereocenters. The molecule has 0 bridgehead atoms. The number of benzene rings is 2. The molecule has 0 aromatic heterocycles. The van der Waals surface area contributed by atoms with Gasteiger partial charge in [-0.2, -0.15) is 0 Å². The van der Waals surface area contributed by atoms with E-state index < -0.39 is 11.4 Å². The number of hydrogen-bond acceptors (Lipinski definition) is 8. The Balaban J connectivity index is 1.37. The van der Waals surface area contributed by atoms with Gasteiger partial charge in [0.2, 0.25) is 10.8 Å². The lowest BCUT2D eigenvalue weighted by Gasteiger charge is -2.40. The SMILES string of the molecule is N=C(N)NCCCCC(=O)N1CCC(N(CCCCO)c2ccc3c(c2)CN([S+]([O-])c2ccc(O)cc2O)C3)CC1. The Morgan fingerprint density at radius 2 is 1.83 bits per heavy atom. The van der Waals surface area contributed by atoms with E-state index in [0.717, 1.165) is 61.9 Å². The molecule has 4 rings (SSSR count). The van der Waals surface area contributed by atoms with Crippen LogP contribution in [-0.2, 0) is 29.2 Å². The minimum absolute atomic E-state index is 0.0491. The van der Waals surface area contributed by atoms with Crippen molar-refractivity contribution in [3.8, 4) is 11.5 Å². The molecule has 11 nitrogen and oxygen atoms in total. The Bertz CT molecular complexity index is 1190. The van der Waals surface area contributed by atoms with Crippen LogP contribution in [-0.4, -0.2) is 79.8 Å². The minimum Gasteiger partial charge on any atom is -0.593 e. The van der Waals surface area contributed by atoms with Crippen molar-refractivity contribution in [3.05, 3.63) is 47.5 Å². The Morgan fingerprint density at radius 1 is 1.07 bits per heavy atom. The third-order valence-electron chi connectivity index (χ3n) is 7.78. The normalized spacial score (nSPS) is 16.4. The maximum atomic E-state index is 13.2. The van der Waals surface area contributed by atoms with Crippen molar-refractivity contribution in [1.29, 1.82) is 5.41 Å². The molecule has 2 aliphatic heterocycles. The van der Waals surface area contributed by atoms with Gasteiger partial charge in [0.05, 0.1) is 24.5 Å². The number of phenols is 2. The van der Waals surface area contributed by atoms with Gasteiger partial charge in [0.15, 0.2) is 11.7 Å². The fourth-order valence-electron chi connectivity index (χ4n) is 5.56. The van der Waals surface area contributed by atoms with Crippen LogP contribution < -0.4 is 16.0 Å². The Labute approximate surface area is 244 Å². The lowest BCUT2D eigenvalue weighted by Crippen LogP contribution is -2.47. The highest BCUT2D eigenvalue weighted by Gasteiger charge is 2.33. The van der Waals surface area contributed by atoms with E-state index in [9.17, 15) is 24.7 Å². The number of fused-ring (bicyclic) bond motifs is 1. The Morgan fingerprint density at radius 3 is 2.54 bits per heavy atom. The maximum Gasteiger partial charge on any atom is 0.222 e. The van der Waals surface area contributed by atoms with Crippen LogP contribution in [0.25, 0.3) is 0 Å². The summed E-state index contributed by atoms with van der Waals surface area (Å²) in [5.74, 6) is -0.145. The maximum absolute atomic E-state index is 13.2. The minimum atomic E-state index is -1.57. The molecule has 12 heteroatoms.